The van der Waals surface area contributed by atoms with Gasteiger partial charge in [-0.3, -0.25) is 0 Å². The minimum Gasteiger partial charge on any atom is -0.327 e. The van der Waals surface area contributed by atoms with Crippen molar-refractivity contribution in [3.8, 4) is 0 Å². The highest BCUT2D eigenvalue weighted by Crippen LogP contribution is 2.27. The quantitative estimate of drug-likeness (QED) is 0.712. The molecule has 1 aliphatic heterocycles. The monoisotopic (exact) mass is 296 g/mol. The van der Waals surface area contributed by atoms with Crippen molar-refractivity contribution < 1.29 is 0 Å². The van der Waals surface area contributed by atoms with Gasteiger partial charge in [-0.15, -0.1) is 0 Å². The van der Waals surface area contributed by atoms with Gasteiger partial charge in [-0.2, -0.15) is 0 Å². The molecule has 0 aromatic rings. The zero-order valence-electron chi connectivity index (χ0n) is 14.9. The first-order chi connectivity index (χ1) is 10.3. The number of likely N-dealkylation sites (tertiary alicyclic amines) is 1. The number of unbranched alkanes of at least 4 members (excludes halogenated alkanes) is 2. The fraction of sp³-hybridized carbons (Fsp3) is 1.00. The molecule has 2 N–H and O–H groups in total. The number of hydrogen-bond acceptors (Lipinski definition) is 2. The molecule has 0 radical (unpaired) electrons. The van der Waals surface area contributed by atoms with Crippen LogP contribution >= 0.6 is 0 Å². The van der Waals surface area contributed by atoms with E-state index in [4.69, 9.17) is 5.73 Å². The second-order valence-electron chi connectivity index (χ2n) is 6.97. The van der Waals surface area contributed by atoms with E-state index in [1.807, 2.05) is 13.8 Å². The minimum atomic E-state index is 0.481. The van der Waals surface area contributed by atoms with E-state index >= 15 is 0 Å². The van der Waals surface area contributed by atoms with Crippen LogP contribution in [0.3, 0.4) is 0 Å². The fourth-order valence-electron chi connectivity index (χ4n) is 4.03. The van der Waals surface area contributed by atoms with Crippen molar-refractivity contribution in [1.82, 2.24) is 4.90 Å². The number of nitrogens with zero attached hydrogens (tertiary/aromatic N) is 1. The molecule has 2 nitrogen and oxygen atoms in total. The Hall–Kier alpha value is -0.0800. The van der Waals surface area contributed by atoms with Crippen LogP contribution in [0.2, 0.25) is 0 Å². The van der Waals surface area contributed by atoms with Gasteiger partial charge in [0.1, 0.15) is 0 Å². The van der Waals surface area contributed by atoms with Crippen LogP contribution in [0.5, 0.6) is 0 Å². The Labute approximate surface area is 133 Å². The first-order valence-corrected chi connectivity index (χ1v) is 9.77. The van der Waals surface area contributed by atoms with E-state index in [9.17, 15) is 0 Å². The summed E-state index contributed by atoms with van der Waals surface area (Å²) in [6, 6.07) is 0.481. The number of piperidine rings is 1. The molecule has 0 spiro atoms. The predicted molar refractivity (Wildman–Crippen MR) is 94.6 cm³/mol. The van der Waals surface area contributed by atoms with Gasteiger partial charge >= 0.3 is 0 Å². The van der Waals surface area contributed by atoms with Gasteiger partial charge in [-0.1, -0.05) is 52.9 Å². The van der Waals surface area contributed by atoms with Gasteiger partial charge in [0.05, 0.1) is 0 Å². The maximum Gasteiger partial charge on any atom is 0.00793 e. The standard InChI is InChI=1S/C17H34N2.C2H6/c1-2-3-4-8-15-9-7-12-19(13-15)14-16-10-5-6-11-17(16)18;1-2/h15-17H,2-14,18H2,1H3;1-2H3/t15?,16-,17?;/m0./s1. The van der Waals surface area contributed by atoms with Crippen molar-refractivity contribution in [2.75, 3.05) is 19.6 Å². The van der Waals surface area contributed by atoms with Crippen LogP contribution in [-0.2, 0) is 0 Å². The summed E-state index contributed by atoms with van der Waals surface area (Å²) in [6.45, 7) is 10.3. The summed E-state index contributed by atoms with van der Waals surface area (Å²) in [5.41, 5.74) is 6.30. The summed E-state index contributed by atoms with van der Waals surface area (Å²) >= 11 is 0. The molecule has 0 amide bonds. The first kappa shape index (κ1) is 19.0. The van der Waals surface area contributed by atoms with Crippen molar-refractivity contribution >= 4 is 0 Å². The van der Waals surface area contributed by atoms with Gasteiger partial charge in [0.25, 0.3) is 0 Å². The maximum atomic E-state index is 6.30. The summed E-state index contributed by atoms with van der Waals surface area (Å²) in [6.07, 6.45) is 14.0. The number of nitrogens with two attached hydrogens (primary N) is 1. The summed E-state index contributed by atoms with van der Waals surface area (Å²) in [5, 5.41) is 0. The van der Waals surface area contributed by atoms with Crippen LogP contribution in [0.15, 0.2) is 0 Å². The molecule has 1 heterocycles. The van der Waals surface area contributed by atoms with Crippen LogP contribution in [0.1, 0.15) is 85.0 Å². The lowest BCUT2D eigenvalue weighted by atomic mass is 9.84. The Bertz CT molecular complexity index is 242. The molecule has 0 aromatic carbocycles. The molecular weight excluding hydrogens is 256 g/mol. The molecule has 2 aliphatic rings. The molecule has 2 rings (SSSR count). The van der Waals surface area contributed by atoms with E-state index in [0.717, 1.165) is 11.8 Å². The van der Waals surface area contributed by atoms with E-state index in [1.165, 1.54) is 83.8 Å². The minimum absolute atomic E-state index is 0.481. The third-order valence-corrected chi connectivity index (χ3v) is 5.28. The van der Waals surface area contributed by atoms with Crippen LogP contribution in [0.4, 0.5) is 0 Å². The van der Waals surface area contributed by atoms with Crippen LogP contribution in [0.25, 0.3) is 0 Å². The third-order valence-electron chi connectivity index (χ3n) is 5.28. The summed E-state index contributed by atoms with van der Waals surface area (Å²) in [7, 11) is 0. The summed E-state index contributed by atoms with van der Waals surface area (Å²) < 4.78 is 0. The van der Waals surface area contributed by atoms with E-state index < -0.39 is 0 Å². The normalized spacial score (nSPS) is 30.6. The fourth-order valence-corrected chi connectivity index (χ4v) is 4.03. The molecule has 126 valence electrons. The zero-order chi connectivity index (χ0) is 15.5. The van der Waals surface area contributed by atoms with E-state index in [-0.39, 0.29) is 0 Å². The summed E-state index contributed by atoms with van der Waals surface area (Å²) in [4.78, 5) is 2.73. The predicted octanol–water partition coefficient (Wildman–Crippen LogP) is 4.82. The first-order valence-electron chi connectivity index (χ1n) is 9.77. The Kier molecular flexibility index (Phi) is 10.4. The van der Waals surface area contributed by atoms with Gasteiger partial charge in [-0.05, 0) is 50.5 Å². The average Bonchev–Trinajstić information content (AvgIpc) is 2.52. The topological polar surface area (TPSA) is 29.3 Å². The Morgan fingerprint density at radius 2 is 1.76 bits per heavy atom. The lowest BCUT2D eigenvalue weighted by Gasteiger charge is -2.38. The van der Waals surface area contributed by atoms with Crippen molar-refractivity contribution in [3.63, 3.8) is 0 Å². The Morgan fingerprint density at radius 1 is 1.00 bits per heavy atom. The molecule has 21 heavy (non-hydrogen) atoms. The number of rotatable bonds is 6. The van der Waals surface area contributed by atoms with Crippen LogP contribution < -0.4 is 5.73 Å². The van der Waals surface area contributed by atoms with Crippen molar-refractivity contribution in [2.24, 2.45) is 17.6 Å². The molecule has 0 aromatic heterocycles. The lowest BCUT2D eigenvalue weighted by molar-refractivity contribution is 0.124. The highest BCUT2D eigenvalue weighted by Gasteiger charge is 2.26. The highest BCUT2D eigenvalue weighted by atomic mass is 15.1. The van der Waals surface area contributed by atoms with Gasteiger partial charge in [0, 0.05) is 19.1 Å². The van der Waals surface area contributed by atoms with E-state index in [1.54, 1.807) is 0 Å². The molecule has 2 fully saturated rings. The largest absolute Gasteiger partial charge is 0.327 e. The molecule has 1 aliphatic carbocycles. The SMILES string of the molecule is CC.CCCCCC1CCCN(C[C@@H]2CCCCC2N)C1. The zero-order valence-corrected chi connectivity index (χ0v) is 14.9. The molecular formula is C19H40N2. The Morgan fingerprint density at radius 3 is 2.48 bits per heavy atom. The molecule has 1 saturated carbocycles. The third kappa shape index (κ3) is 7.15. The van der Waals surface area contributed by atoms with Crippen LogP contribution in [-0.4, -0.2) is 30.6 Å². The second-order valence-corrected chi connectivity index (χ2v) is 6.97. The molecule has 2 unspecified atom stereocenters. The second kappa shape index (κ2) is 11.5. The van der Waals surface area contributed by atoms with E-state index in [2.05, 4.69) is 11.8 Å². The Balaban J connectivity index is 0.00000106. The molecule has 0 bridgehead atoms. The van der Waals surface area contributed by atoms with Crippen molar-refractivity contribution in [3.05, 3.63) is 0 Å². The van der Waals surface area contributed by atoms with Gasteiger partial charge in [0.2, 0.25) is 0 Å². The molecule has 1 saturated heterocycles. The van der Waals surface area contributed by atoms with Crippen LogP contribution in [0, 0.1) is 11.8 Å². The maximum absolute atomic E-state index is 6.30. The lowest BCUT2D eigenvalue weighted by Crippen LogP contribution is -2.44. The van der Waals surface area contributed by atoms with Crippen molar-refractivity contribution in [2.45, 2.75) is 91.0 Å². The van der Waals surface area contributed by atoms with Gasteiger partial charge < -0.3 is 10.6 Å². The highest BCUT2D eigenvalue weighted by molar-refractivity contribution is 4.82. The molecule has 3 atom stereocenters. The van der Waals surface area contributed by atoms with Gasteiger partial charge in [-0.25, -0.2) is 0 Å². The van der Waals surface area contributed by atoms with E-state index in [0.29, 0.717) is 6.04 Å². The smallest absolute Gasteiger partial charge is 0.00793 e. The van der Waals surface area contributed by atoms with Crippen molar-refractivity contribution in [1.29, 1.82) is 0 Å². The average molecular weight is 297 g/mol. The number of hydrogen-bond donors (Lipinski definition) is 1. The van der Waals surface area contributed by atoms with Gasteiger partial charge in [0.15, 0.2) is 0 Å². The molecule has 2 heteroatoms. The summed E-state index contributed by atoms with van der Waals surface area (Å²) in [5.74, 6) is 1.75.